The fraction of sp³-hybridized carbons (Fsp3) is 0.235. The van der Waals surface area contributed by atoms with E-state index in [2.05, 4.69) is 26.2 Å². The van der Waals surface area contributed by atoms with E-state index in [1.54, 1.807) is 27.6 Å². The Morgan fingerprint density at radius 1 is 1.24 bits per heavy atom. The van der Waals surface area contributed by atoms with Crippen molar-refractivity contribution in [1.29, 1.82) is 0 Å². The van der Waals surface area contributed by atoms with Crippen molar-refractivity contribution in [1.82, 2.24) is 19.9 Å². The number of amides is 1. The number of nitrogens with zero attached hydrogens (tertiary/aromatic N) is 4. The second kappa shape index (κ2) is 7.05. The molecule has 25 heavy (non-hydrogen) atoms. The third-order valence-electron chi connectivity index (χ3n) is 3.97. The zero-order valence-corrected chi connectivity index (χ0v) is 15.6. The highest BCUT2D eigenvalue weighted by Gasteiger charge is 2.35. The molecule has 8 heteroatoms. The van der Waals surface area contributed by atoms with Crippen molar-refractivity contribution in [3.8, 4) is 0 Å². The lowest BCUT2D eigenvalue weighted by atomic mass is 10.2. The summed E-state index contributed by atoms with van der Waals surface area (Å²) in [6.45, 7) is 1.07. The number of aromatic nitrogens is 3. The summed E-state index contributed by atoms with van der Waals surface area (Å²) >= 11 is 5.11. The average molecular weight is 419 g/mol. The van der Waals surface area contributed by atoms with Crippen LogP contribution in [-0.4, -0.2) is 31.6 Å². The van der Waals surface area contributed by atoms with Crippen molar-refractivity contribution in [3.05, 3.63) is 70.3 Å². The lowest BCUT2D eigenvalue weighted by Crippen LogP contribution is -2.27. The van der Waals surface area contributed by atoms with Crippen LogP contribution < -0.4 is 0 Å². The minimum absolute atomic E-state index is 0.0896. The van der Waals surface area contributed by atoms with Crippen LogP contribution >= 0.6 is 27.7 Å². The monoisotopic (exact) mass is 418 g/mol. The Bertz CT molecular complexity index is 880. The van der Waals surface area contributed by atoms with E-state index >= 15 is 0 Å². The largest absolute Gasteiger partial charge is 0.467 e. The summed E-state index contributed by atoms with van der Waals surface area (Å²) in [5, 5.41) is 8.38. The molecule has 0 bridgehead atoms. The molecule has 1 saturated heterocycles. The van der Waals surface area contributed by atoms with Gasteiger partial charge in [0.1, 0.15) is 16.8 Å². The molecule has 0 aliphatic carbocycles. The maximum Gasteiger partial charge on any atom is 0.234 e. The summed E-state index contributed by atoms with van der Waals surface area (Å²) in [5.41, 5.74) is 1.91. The predicted octanol–water partition coefficient (Wildman–Crippen LogP) is 3.46. The van der Waals surface area contributed by atoms with Crippen LogP contribution in [0.4, 0.5) is 0 Å². The SMILES string of the molecule is O=C1CS[C@H](c2cn(Cc3ccccc3Br)nn2)N1Cc1ccco1. The minimum atomic E-state index is -0.134. The fourth-order valence-corrected chi connectivity index (χ4v) is 4.27. The van der Waals surface area contributed by atoms with Gasteiger partial charge in [0.25, 0.3) is 0 Å². The van der Waals surface area contributed by atoms with Crippen LogP contribution in [0.15, 0.2) is 57.7 Å². The number of benzene rings is 1. The van der Waals surface area contributed by atoms with Crippen molar-refractivity contribution >= 4 is 33.6 Å². The maximum absolute atomic E-state index is 12.2. The first-order chi connectivity index (χ1) is 12.2. The molecule has 2 aromatic heterocycles. The van der Waals surface area contributed by atoms with Gasteiger partial charge >= 0.3 is 0 Å². The second-order valence-electron chi connectivity index (χ2n) is 5.70. The quantitative estimate of drug-likeness (QED) is 0.634. The highest BCUT2D eigenvalue weighted by atomic mass is 79.9. The van der Waals surface area contributed by atoms with Gasteiger partial charge in [-0.25, -0.2) is 4.68 Å². The summed E-state index contributed by atoms with van der Waals surface area (Å²) in [6.07, 6.45) is 3.52. The molecule has 0 spiro atoms. The highest BCUT2D eigenvalue weighted by molar-refractivity contribution is 9.10. The summed E-state index contributed by atoms with van der Waals surface area (Å²) in [7, 11) is 0. The molecule has 1 aromatic carbocycles. The van der Waals surface area contributed by atoms with Crippen LogP contribution in [-0.2, 0) is 17.9 Å². The molecule has 1 fully saturated rings. The Morgan fingerprint density at radius 3 is 2.92 bits per heavy atom. The molecule has 0 unspecified atom stereocenters. The molecular formula is C17H15BrN4O2S. The van der Waals surface area contributed by atoms with Gasteiger partial charge in [-0.15, -0.1) is 16.9 Å². The minimum Gasteiger partial charge on any atom is -0.467 e. The van der Waals surface area contributed by atoms with Crippen LogP contribution in [0.3, 0.4) is 0 Å². The lowest BCUT2D eigenvalue weighted by molar-refractivity contribution is -0.128. The molecule has 1 aliphatic heterocycles. The van der Waals surface area contributed by atoms with Crippen molar-refractivity contribution in [2.45, 2.75) is 18.5 Å². The first-order valence-corrected chi connectivity index (χ1v) is 9.62. The Morgan fingerprint density at radius 2 is 2.12 bits per heavy atom. The Hall–Kier alpha value is -2.06. The molecule has 0 N–H and O–H groups in total. The third-order valence-corrected chi connectivity index (χ3v) is 5.97. The van der Waals surface area contributed by atoms with Crippen molar-refractivity contribution in [3.63, 3.8) is 0 Å². The highest BCUT2D eigenvalue weighted by Crippen LogP contribution is 2.38. The van der Waals surface area contributed by atoms with Crippen LogP contribution in [0, 0.1) is 0 Å². The van der Waals surface area contributed by atoms with E-state index in [4.69, 9.17) is 4.42 Å². The van der Waals surface area contributed by atoms with Gasteiger partial charge in [0.15, 0.2) is 0 Å². The molecule has 3 heterocycles. The molecule has 0 saturated carbocycles. The van der Waals surface area contributed by atoms with Crippen LogP contribution in [0.5, 0.6) is 0 Å². The number of furan rings is 1. The number of carbonyl (C=O) groups excluding carboxylic acids is 1. The fourth-order valence-electron chi connectivity index (χ4n) is 2.75. The summed E-state index contributed by atoms with van der Waals surface area (Å²) < 4.78 is 8.21. The van der Waals surface area contributed by atoms with Gasteiger partial charge in [-0.1, -0.05) is 39.3 Å². The second-order valence-corrected chi connectivity index (χ2v) is 7.62. The smallest absolute Gasteiger partial charge is 0.234 e. The topological polar surface area (TPSA) is 64.2 Å². The first-order valence-electron chi connectivity index (χ1n) is 7.77. The molecule has 0 radical (unpaired) electrons. The Balaban J connectivity index is 1.52. The van der Waals surface area contributed by atoms with Gasteiger partial charge in [0.2, 0.25) is 5.91 Å². The number of hydrogen-bond donors (Lipinski definition) is 0. The first kappa shape index (κ1) is 16.4. The van der Waals surface area contributed by atoms with E-state index in [0.717, 1.165) is 21.5 Å². The third kappa shape index (κ3) is 3.50. The van der Waals surface area contributed by atoms with Crippen LogP contribution in [0.1, 0.15) is 22.4 Å². The number of halogens is 1. The van der Waals surface area contributed by atoms with Gasteiger partial charge in [0, 0.05) is 4.47 Å². The predicted molar refractivity (Wildman–Crippen MR) is 97.7 cm³/mol. The van der Waals surface area contributed by atoms with E-state index in [9.17, 15) is 4.79 Å². The number of rotatable bonds is 5. The molecule has 128 valence electrons. The lowest BCUT2D eigenvalue weighted by Gasteiger charge is -2.20. The average Bonchev–Trinajstić information content (AvgIpc) is 3.34. The molecule has 4 rings (SSSR count). The van der Waals surface area contributed by atoms with Gasteiger partial charge < -0.3 is 9.32 Å². The van der Waals surface area contributed by atoms with Crippen LogP contribution in [0.25, 0.3) is 0 Å². The standard InChI is InChI=1S/C17H15BrN4O2S/c18-14-6-2-1-4-12(14)8-21-10-15(19-20-21)17-22(16(23)11-25-17)9-13-5-3-7-24-13/h1-7,10,17H,8-9,11H2/t17-/m1/s1. The molecule has 3 aromatic rings. The van der Waals surface area contributed by atoms with E-state index in [0.29, 0.717) is 18.8 Å². The molecule has 1 amide bonds. The molecular weight excluding hydrogens is 404 g/mol. The summed E-state index contributed by atoms with van der Waals surface area (Å²) in [5.74, 6) is 1.30. The normalized spacial score (nSPS) is 17.4. The number of hydrogen-bond acceptors (Lipinski definition) is 5. The van der Waals surface area contributed by atoms with Crippen LogP contribution in [0.2, 0.25) is 0 Å². The Kier molecular flexibility index (Phi) is 4.63. The summed E-state index contributed by atoms with van der Waals surface area (Å²) in [6, 6.07) is 11.7. The molecule has 6 nitrogen and oxygen atoms in total. The van der Waals surface area contributed by atoms with Crippen molar-refractivity contribution in [2.24, 2.45) is 0 Å². The Labute approximate surface area is 157 Å². The maximum atomic E-state index is 12.2. The van der Waals surface area contributed by atoms with E-state index in [1.807, 2.05) is 42.6 Å². The zero-order chi connectivity index (χ0) is 17.2. The molecule has 1 atom stereocenters. The van der Waals surface area contributed by atoms with Crippen molar-refractivity contribution < 1.29 is 9.21 Å². The van der Waals surface area contributed by atoms with Gasteiger partial charge in [-0.3, -0.25) is 4.79 Å². The van der Waals surface area contributed by atoms with Gasteiger partial charge in [-0.2, -0.15) is 0 Å². The van der Waals surface area contributed by atoms with E-state index < -0.39 is 0 Å². The van der Waals surface area contributed by atoms with E-state index in [-0.39, 0.29) is 11.3 Å². The number of carbonyl (C=O) groups is 1. The molecule has 1 aliphatic rings. The van der Waals surface area contributed by atoms with Gasteiger partial charge in [0.05, 0.1) is 31.3 Å². The van der Waals surface area contributed by atoms with Crippen molar-refractivity contribution in [2.75, 3.05) is 5.75 Å². The van der Waals surface area contributed by atoms with Gasteiger partial charge in [-0.05, 0) is 23.8 Å². The summed E-state index contributed by atoms with van der Waals surface area (Å²) in [4.78, 5) is 14.0. The number of thioether (sulfide) groups is 1. The zero-order valence-electron chi connectivity index (χ0n) is 13.2. The van der Waals surface area contributed by atoms with E-state index in [1.165, 1.54) is 0 Å².